The van der Waals surface area contributed by atoms with Crippen LogP contribution in [0.1, 0.15) is 17.0 Å². The Hall–Kier alpha value is -1.77. The second-order valence-electron chi connectivity index (χ2n) is 6.19. The number of aromatic nitrogens is 1. The van der Waals surface area contributed by atoms with Gasteiger partial charge in [0.05, 0.1) is 5.52 Å². The Labute approximate surface area is 165 Å². The maximum atomic E-state index is 13.2. The second kappa shape index (κ2) is 7.33. The van der Waals surface area contributed by atoms with Crippen LogP contribution in [0.25, 0.3) is 11.1 Å². The van der Waals surface area contributed by atoms with Crippen LogP contribution in [-0.4, -0.2) is 22.0 Å². The van der Waals surface area contributed by atoms with Crippen molar-refractivity contribution in [1.82, 2.24) is 4.57 Å². The summed E-state index contributed by atoms with van der Waals surface area (Å²) in [6.07, 6.45) is -7.56. The van der Waals surface area contributed by atoms with E-state index in [2.05, 4.69) is 15.9 Å². The molecule has 0 radical (unpaired) electrons. The first-order valence-electron chi connectivity index (χ1n) is 7.86. The number of aliphatic hydroxyl groups is 1. The standard InChI is InChI=1S/C18H14BrClF3NO3/c1-24-14-5-2-9(7-15(14)27-17(24)26)6-12(16(25)18(21,22)23)11-4-3-10(19)8-13(11)20/h2-5,7-8,12,16,25H,6H2,1H3. The summed E-state index contributed by atoms with van der Waals surface area (Å²) in [6, 6.07) is 9.19. The quantitative estimate of drug-likeness (QED) is 0.604. The highest BCUT2D eigenvalue weighted by Gasteiger charge is 2.44. The van der Waals surface area contributed by atoms with Gasteiger partial charge in [-0.25, -0.2) is 4.79 Å². The molecule has 0 saturated carbocycles. The fourth-order valence-corrected chi connectivity index (χ4v) is 3.79. The first-order chi connectivity index (χ1) is 12.6. The van der Waals surface area contributed by atoms with Gasteiger partial charge < -0.3 is 9.52 Å². The first-order valence-corrected chi connectivity index (χ1v) is 9.03. The van der Waals surface area contributed by atoms with E-state index in [1.165, 1.54) is 29.8 Å². The van der Waals surface area contributed by atoms with Crippen LogP contribution in [0.3, 0.4) is 0 Å². The number of hydrogen-bond acceptors (Lipinski definition) is 3. The summed E-state index contributed by atoms with van der Waals surface area (Å²) in [4.78, 5) is 11.6. The van der Waals surface area contributed by atoms with E-state index >= 15 is 0 Å². The van der Waals surface area contributed by atoms with Crippen molar-refractivity contribution in [3.8, 4) is 0 Å². The molecule has 0 aliphatic heterocycles. The topological polar surface area (TPSA) is 55.4 Å². The van der Waals surface area contributed by atoms with Crippen LogP contribution in [0.15, 0.2) is 50.1 Å². The molecular formula is C18H14BrClF3NO3. The summed E-state index contributed by atoms with van der Waals surface area (Å²) in [7, 11) is 1.53. The predicted octanol–water partition coefficient (Wildman–Crippen LogP) is 4.80. The maximum Gasteiger partial charge on any atom is 0.419 e. The number of alkyl halides is 3. The van der Waals surface area contributed by atoms with E-state index in [1.54, 1.807) is 18.2 Å². The summed E-state index contributed by atoms with van der Waals surface area (Å²) in [5, 5.41) is 10.1. The molecule has 0 saturated heterocycles. The average molecular weight is 465 g/mol. The van der Waals surface area contributed by atoms with Crippen molar-refractivity contribution < 1.29 is 22.7 Å². The van der Waals surface area contributed by atoms with Gasteiger partial charge in [-0.05, 0) is 41.8 Å². The number of halogens is 5. The van der Waals surface area contributed by atoms with Crippen LogP contribution >= 0.6 is 27.5 Å². The third-order valence-corrected chi connectivity index (χ3v) is 5.21. The Morgan fingerprint density at radius 2 is 1.96 bits per heavy atom. The summed E-state index contributed by atoms with van der Waals surface area (Å²) < 4.78 is 46.7. The second-order valence-corrected chi connectivity index (χ2v) is 7.51. The molecule has 3 rings (SSSR count). The van der Waals surface area contributed by atoms with Gasteiger partial charge in [0.15, 0.2) is 11.7 Å². The van der Waals surface area contributed by atoms with E-state index in [0.717, 1.165) is 0 Å². The van der Waals surface area contributed by atoms with Gasteiger partial charge in [-0.2, -0.15) is 13.2 Å². The van der Waals surface area contributed by atoms with Crippen LogP contribution in [0.5, 0.6) is 0 Å². The van der Waals surface area contributed by atoms with Gasteiger partial charge in [0.2, 0.25) is 0 Å². The molecule has 1 aromatic heterocycles. The van der Waals surface area contributed by atoms with Crippen molar-refractivity contribution in [3.63, 3.8) is 0 Å². The molecule has 0 fully saturated rings. The third-order valence-electron chi connectivity index (χ3n) is 4.39. The molecule has 3 aromatic rings. The number of oxazole rings is 1. The molecule has 144 valence electrons. The van der Waals surface area contributed by atoms with Crippen molar-refractivity contribution in [1.29, 1.82) is 0 Å². The molecule has 0 spiro atoms. The number of hydrogen-bond donors (Lipinski definition) is 1. The van der Waals surface area contributed by atoms with Gasteiger partial charge in [-0.15, -0.1) is 0 Å². The zero-order valence-electron chi connectivity index (χ0n) is 13.9. The van der Waals surface area contributed by atoms with Gasteiger partial charge >= 0.3 is 11.9 Å². The lowest BCUT2D eigenvalue weighted by Crippen LogP contribution is -2.35. The predicted molar refractivity (Wildman–Crippen MR) is 99.1 cm³/mol. The molecule has 2 unspecified atom stereocenters. The summed E-state index contributed by atoms with van der Waals surface area (Å²) in [6.45, 7) is 0. The highest BCUT2D eigenvalue weighted by atomic mass is 79.9. The highest BCUT2D eigenvalue weighted by molar-refractivity contribution is 9.10. The summed E-state index contributed by atoms with van der Waals surface area (Å²) in [5.74, 6) is -1.89. The van der Waals surface area contributed by atoms with E-state index in [0.29, 0.717) is 15.6 Å². The Balaban J connectivity index is 2.04. The fourth-order valence-electron chi connectivity index (χ4n) is 2.98. The molecule has 2 aromatic carbocycles. The average Bonchev–Trinajstić information content (AvgIpc) is 2.86. The molecule has 27 heavy (non-hydrogen) atoms. The Kier molecular flexibility index (Phi) is 5.42. The van der Waals surface area contributed by atoms with Crippen LogP contribution in [0.2, 0.25) is 5.02 Å². The third kappa shape index (κ3) is 4.07. The molecule has 9 heteroatoms. The van der Waals surface area contributed by atoms with Crippen molar-refractivity contribution in [2.24, 2.45) is 7.05 Å². The van der Waals surface area contributed by atoms with E-state index in [-0.39, 0.29) is 22.6 Å². The molecule has 0 bridgehead atoms. The van der Waals surface area contributed by atoms with E-state index in [9.17, 15) is 23.1 Å². The smallest absolute Gasteiger partial charge is 0.408 e. The van der Waals surface area contributed by atoms with Crippen molar-refractivity contribution in [3.05, 3.63) is 67.6 Å². The fraction of sp³-hybridized carbons (Fsp3) is 0.278. The zero-order valence-corrected chi connectivity index (χ0v) is 16.3. The van der Waals surface area contributed by atoms with Crippen LogP contribution in [0, 0.1) is 0 Å². The number of benzene rings is 2. The SMILES string of the molecule is Cn1c(=O)oc2cc(CC(c3ccc(Br)cc3Cl)C(O)C(F)(F)F)ccc21. The molecular weight excluding hydrogens is 451 g/mol. The van der Waals surface area contributed by atoms with Crippen molar-refractivity contribution in [2.75, 3.05) is 0 Å². The van der Waals surface area contributed by atoms with E-state index < -0.39 is 24.0 Å². The largest absolute Gasteiger partial charge is 0.419 e. The summed E-state index contributed by atoms with van der Waals surface area (Å²) in [5.41, 5.74) is 1.45. The first kappa shape index (κ1) is 20.0. The summed E-state index contributed by atoms with van der Waals surface area (Å²) >= 11 is 9.34. The minimum atomic E-state index is -4.81. The molecule has 0 aliphatic rings. The zero-order chi connectivity index (χ0) is 19.9. The normalized spacial score (nSPS) is 14.5. The molecule has 0 amide bonds. The number of rotatable bonds is 4. The van der Waals surface area contributed by atoms with Gasteiger partial charge in [0.25, 0.3) is 0 Å². The van der Waals surface area contributed by atoms with Gasteiger partial charge in [-0.3, -0.25) is 4.57 Å². The Morgan fingerprint density at radius 3 is 2.59 bits per heavy atom. The molecule has 2 atom stereocenters. The minimum Gasteiger partial charge on any atom is -0.408 e. The Bertz CT molecular complexity index is 1040. The highest BCUT2D eigenvalue weighted by Crippen LogP contribution is 2.38. The lowest BCUT2D eigenvalue weighted by Gasteiger charge is -2.26. The van der Waals surface area contributed by atoms with Gasteiger partial charge in [-0.1, -0.05) is 39.7 Å². The molecule has 0 aliphatic carbocycles. The molecule has 4 nitrogen and oxygen atoms in total. The molecule has 1 heterocycles. The Morgan fingerprint density at radius 1 is 1.26 bits per heavy atom. The van der Waals surface area contributed by atoms with Crippen LogP contribution < -0.4 is 5.76 Å². The van der Waals surface area contributed by atoms with Gasteiger partial charge in [0, 0.05) is 22.5 Å². The van der Waals surface area contributed by atoms with Crippen molar-refractivity contribution >= 4 is 38.6 Å². The number of fused-ring (bicyclic) bond motifs is 1. The van der Waals surface area contributed by atoms with Gasteiger partial charge in [0.1, 0.15) is 0 Å². The lowest BCUT2D eigenvalue weighted by atomic mass is 9.87. The number of aliphatic hydroxyl groups excluding tert-OH is 1. The van der Waals surface area contributed by atoms with E-state index in [1.807, 2.05) is 0 Å². The van der Waals surface area contributed by atoms with E-state index in [4.69, 9.17) is 16.0 Å². The lowest BCUT2D eigenvalue weighted by molar-refractivity contribution is -0.210. The number of aryl methyl sites for hydroxylation is 1. The number of nitrogens with zero attached hydrogens (tertiary/aromatic N) is 1. The monoisotopic (exact) mass is 463 g/mol. The van der Waals surface area contributed by atoms with Crippen LogP contribution in [-0.2, 0) is 13.5 Å². The maximum absolute atomic E-state index is 13.2. The molecule has 1 N–H and O–H groups in total. The van der Waals surface area contributed by atoms with Crippen molar-refractivity contribution in [2.45, 2.75) is 24.6 Å². The van der Waals surface area contributed by atoms with Crippen LogP contribution in [0.4, 0.5) is 13.2 Å². The minimum absolute atomic E-state index is 0.116.